The molecule has 0 bridgehead atoms. The number of aromatic hydroxyl groups is 1. The van der Waals surface area contributed by atoms with Crippen LogP contribution in [0.4, 0.5) is 4.39 Å². The summed E-state index contributed by atoms with van der Waals surface area (Å²) in [5, 5.41) is 27.3. The van der Waals surface area contributed by atoms with Crippen LogP contribution in [0.5, 0.6) is 5.75 Å². The average molecular weight is 478 g/mol. The number of nitrogens with one attached hydrogen (secondary N) is 1. The van der Waals surface area contributed by atoms with E-state index in [0.717, 1.165) is 29.7 Å². The van der Waals surface area contributed by atoms with Crippen LogP contribution in [-0.4, -0.2) is 45.9 Å². The first kappa shape index (κ1) is 23.4. The number of rotatable bonds is 4. The average Bonchev–Trinajstić information content (AvgIpc) is 3.32. The Balaban J connectivity index is 1.56. The molecule has 0 aliphatic carbocycles. The standard InChI is InChI=1S/C26H32FN7O/c1-7-20-18(17-9-8-15(10-22(17)35)19-14-33(6)30-23(19)27)11-21-24(28-20)34(32-29-21)16-12-25(2,3)31-26(4,5)13-16/h8-11,14,16,31,35H,7,12-13H2,1-6H3. The summed E-state index contributed by atoms with van der Waals surface area (Å²) in [6, 6.07) is 7.27. The minimum atomic E-state index is -0.571. The van der Waals surface area contributed by atoms with Gasteiger partial charge in [-0.05, 0) is 70.7 Å². The first-order valence-corrected chi connectivity index (χ1v) is 12.0. The smallest absolute Gasteiger partial charge is 0.240 e. The van der Waals surface area contributed by atoms with Gasteiger partial charge in [0.2, 0.25) is 5.95 Å². The van der Waals surface area contributed by atoms with E-state index in [1.165, 1.54) is 4.68 Å². The van der Waals surface area contributed by atoms with Gasteiger partial charge in [0.15, 0.2) is 5.65 Å². The Morgan fingerprint density at radius 1 is 1.09 bits per heavy atom. The first-order chi connectivity index (χ1) is 16.5. The molecule has 1 saturated heterocycles. The number of piperidine rings is 1. The lowest BCUT2D eigenvalue weighted by Gasteiger charge is -2.46. The Kier molecular flexibility index (Phi) is 5.43. The van der Waals surface area contributed by atoms with Gasteiger partial charge in [0.25, 0.3) is 0 Å². The lowest BCUT2D eigenvalue weighted by molar-refractivity contribution is 0.127. The predicted octanol–water partition coefficient (Wildman–Crippen LogP) is 4.78. The number of phenols is 1. The van der Waals surface area contributed by atoms with E-state index in [4.69, 9.17) is 4.98 Å². The molecule has 2 N–H and O–H groups in total. The van der Waals surface area contributed by atoms with Crippen LogP contribution in [0.2, 0.25) is 0 Å². The molecule has 184 valence electrons. The van der Waals surface area contributed by atoms with Crippen LogP contribution >= 0.6 is 0 Å². The SMILES string of the molecule is CCc1nc2c(cc1-c1ccc(-c3cn(C)nc3F)cc1O)nnn2C1CC(C)(C)NC(C)(C)C1. The molecule has 0 saturated carbocycles. The second-order valence-corrected chi connectivity index (χ2v) is 10.9. The number of phenolic OH excluding ortho intramolecular Hbond substituents is 1. The highest BCUT2D eigenvalue weighted by molar-refractivity contribution is 5.83. The van der Waals surface area contributed by atoms with Gasteiger partial charge in [0.1, 0.15) is 11.3 Å². The summed E-state index contributed by atoms with van der Waals surface area (Å²) in [7, 11) is 1.66. The number of aromatic nitrogens is 6. The number of benzene rings is 1. The molecule has 1 fully saturated rings. The van der Waals surface area contributed by atoms with Crippen molar-refractivity contribution in [2.24, 2.45) is 7.05 Å². The van der Waals surface area contributed by atoms with Gasteiger partial charge in [0, 0.05) is 35.4 Å². The minimum absolute atomic E-state index is 0.0283. The normalized spacial score (nSPS) is 17.8. The Bertz CT molecular complexity index is 1400. The van der Waals surface area contributed by atoms with Crippen molar-refractivity contribution >= 4 is 11.2 Å². The van der Waals surface area contributed by atoms with E-state index >= 15 is 0 Å². The number of fused-ring (bicyclic) bond motifs is 1. The molecule has 1 aliphatic rings. The van der Waals surface area contributed by atoms with Crippen molar-refractivity contribution in [2.75, 3.05) is 0 Å². The Morgan fingerprint density at radius 2 is 1.80 bits per heavy atom. The number of hydrogen-bond donors (Lipinski definition) is 2. The summed E-state index contributed by atoms with van der Waals surface area (Å²) in [6.45, 7) is 10.9. The van der Waals surface area contributed by atoms with Gasteiger partial charge < -0.3 is 10.4 Å². The first-order valence-electron chi connectivity index (χ1n) is 12.0. The van der Waals surface area contributed by atoms with E-state index in [2.05, 4.69) is 48.4 Å². The zero-order valence-corrected chi connectivity index (χ0v) is 21.1. The topological polar surface area (TPSA) is 93.7 Å². The lowest BCUT2D eigenvalue weighted by Crippen LogP contribution is -2.58. The lowest BCUT2D eigenvalue weighted by atomic mass is 9.79. The van der Waals surface area contributed by atoms with Crippen LogP contribution in [0.3, 0.4) is 0 Å². The molecule has 35 heavy (non-hydrogen) atoms. The van der Waals surface area contributed by atoms with E-state index in [1.807, 2.05) is 17.7 Å². The number of nitrogens with zero attached hydrogens (tertiary/aromatic N) is 6. The van der Waals surface area contributed by atoms with E-state index in [0.29, 0.717) is 28.6 Å². The van der Waals surface area contributed by atoms with Crippen molar-refractivity contribution in [3.63, 3.8) is 0 Å². The summed E-state index contributed by atoms with van der Waals surface area (Å²) in [5.41, 5.74) is 4.57. The molecule has 4 aromatic rings. The second kappa shape index (κ2) is 8.12. The molecule has 1 aromatic carbocycles. The third-order valence-corrected chi connectivity index (χ3v) is 6.76. The van der Waals surface area contributed by atoms with Crippen molar-refractivity contribution in [1.82, 2.24) is 35.1 Å². The molecule has 0 amide bonds. The van der Waals surface area contributed by atoms with Crippen LogP contribution in [0.1, 0.15) is 59.2 Å². The Hall–Kier alpha value is -3.33. The van der Waals surface area contributed by atoms with Gasteiger partial charge in [0.05, 0.1) is 17.3 Å². The molecule has 3 aromatic heterocycles. The van der Waals surface area contributed by atoms with Gasteiger partial charge in [-0.3, -0.25) is 4.68 Å². The molecular formula is C26H32FN7O. The fourth-order valence-electron chi connectivity index (χ4n) is 5.68. The maximum atomic E-state index is 14.2. The molecule has 0 atom stereocenters. The number of aryl methyl sites for hydroxylation is 2. The number of pyridine rings is 1. The number of hydrogen-bond acceptors (Lipinski definition) is 6. The maximum Gasteiger partial charge on any atom is 0.240 e. The maximum absolute atomic E-state index is 14.2. The molecule has 4 heterocycles. The fraction of sp³-hybridized carbons (Fsp3) is 0.462. The van der Waals surface area contributed by atoms with Crippen LogP contribution in [0, 0.1) is 5.95 Å². The summed E-state index contributed by atoms with van der Waals surface area (Å²) in [5.74, 6) is -0.520. The van der Waals surface area contributed by atoms with Crippen LogP contribution < -0.4 is 5.32 Å². The van der Waals surface area contributed by atoms with Gasteiger partial charge in [-0.15, -0.1) is 10.2 Å². The quantitative estimate of drug-likeness (QED) is 0.439. The fourth-order valence-corrected chi connectivity index (χ4v) is 5.68. The molecule has 0 radical (unpaired) electrons. The molecule has 5 rings (SSSR count). The van der Waals surface area contributed by atoms with Crippen LogP contribution in [0.15, 0.2) is 30.5 Å². The minimum Gasteiger partial charge on any atom is -0.507 e. The highest BCUT2D eigenvalue weighted by Gasteiger charge is 2.39. The van der Waals surface area contributed by atoms with Crippen LogP contribution in [0.25, 0.3) is 33.4 Å². The van der Waals surface area contributed by atoms with Gasteiger partial charge in [-0.2, -0.15) is 4.39 Å². The van der Waals surface area contributed by atoms with Crippen LogP contribution in [-0.2, 0) is 13.5 Å². The van der Waals surface area contributed by atoms with Gasteiger partial charge in [-0.1, -0.05) is 18.2 Å². The third kappa shape index (κ3) is 4.29. The van der Waals surface area contributed by atoms with Crippen molar-refractivity contribution in [3.05, 3.63) is 42.1 Å². The zero-order valence-electron chi connectivity index (χ0n) is 21.1. The van der Waals surface area contributed by atoms with E-state index in [9.17, 15) is 9.50 Å². The summed E-state index contributed by atoms with van der Waals surface area (Å²) in [6.07, 6.45) is 4.12. The second-order valence-electron chi connectivity index (χ2n) is 10.9. The summed E-state index contributed by atoms with van der Waals surface area (Å²) >= 11 is 0. The van der Waals surface area contributed by atoms with Crippen molar-refractivity contribution < 1.29 is 9.50 Å². The summed E-state index contributed by atoms with van der Waals surface area (Å²) in [4.78, 5) is 4.97. The van der Waals surface area contributed by atoms with Gasteiger partial charge in [-0.25, -0.2) is 9.67 Å². The highest BCUT2D eigenvalue weighted by atomic mass is 19.1. The highest BCUT2D eigenvalue weighted by Crippen LogP contribution is 2.39. The van der Waals surface area contributed by atoms with Gasteiger partial charge >= 0.3 is 0 Å². The molecule has 9 heteroatoms. The van der Waals surface area contributed by atoms with E-state index in [1.54, 1.807) is 31.4 Å². The van der Waals surface area contributed by atoms with Crippen molar-refractivity contribution in [2.45, 2.75) is 71.0 Å². The predicted molar refractivity (Wildman–Crippen MR) is 134 cm³/mol. The molecule has 0 unspecified atom stereocenters. The third-order valence-electron chi connectivity index (χ3n) is 6.76. The molecular weight excluding hydrogens is 445 g/mol. The summed E-state index contributed by atoms with van der Waals surface area (Å²) < 4.78 is 17.5. The van der Waals surface area contributed by atoms with Crippen molar-refractivity contribution in [1.29, 1.82) is 0 Å². The largest absolute Gasteiger partial charge is 0.507 e. The van der Waals surface area contributed by atoms with Crippen molar-refractivity contribution in [3.8, 4) is 28.0 Å². The molecule has 8 nitrogen and oxygen atoms in total. The van der Waals surface area contributed by atoms with E-state index < -0.39 is 5.95 Å². The Morgan fingerprint density at radius 3 is 2.40 bits per heavy atom. The monoisotopic (exact) mass is 477 g/mol. The molecule has 1 aliphatic heterocycles. The molecule has 0 spiro atoms. The number of halogens is 1. The van der Waals surface area contributed by atoms with E-state index in [-0.39, 0.29) is 22.9 Å². The zero-order chi connectivity index (χ0) is 25.1. The Labute approximate surface area is 204 Å².